The van der Waals surface area contributed by atoms with Crippen LogP contribution in [0.4, 0.5) is 0 Å². The monoisotopic (exact) mass is 305 g/mol. The third-order valence-electron chi connectivity index (χ3n) is 3.09. The number of imidazole rings is 1. The molecule has 20 heavy (non-hydrogen) atoms. The molecule has 0 saturated carbocycles. The lowest BCUT2D eigenvalue weighted by atomic mass is 10.2. The van der Waals surface area contributed by atoms with E-state index in [4.69, 9.17) is 28.6 Å². The van der Waals surface area contributed by atoms with Crippen molar-refractivity contribution >= 4 is 35.0 Å². The van der Waals surface area contributed by atoms with Gasteiger partial charge in [-0.05, 0) is 29.9 Å². The number of H-pyrrole nitrogens is 1. The molecule has 0 spiro atoms. The lowest BCUT2D eigenvalue weighted by Gasteiger charge is -2.06. The van der Waals surface area contributed by atoms with Crippen molar-refractivity contribution in [3.63, 3.8) is 0 Å². The summed E-state index contributed by atoms with van der Waals surface area (Å²) in [6.45, 7) is 0.568. The minimum Gasteiger partial charge on any atom is -0.481 e. The van der Waals surface area contributed by atoms with Crippen molar-refractivity contribution in [2.24, 2.45) is 0 Å². The van der Waals surface area contributed by atoms with Crippen LogP contribution in [0.2, 0.25) is 5.02 Å². The van der Waals surface area contributed by atoms with Crippen molar-refractivity contribution in [2.45, 2.75) is 6.54 Å². The molecule has 0 bridgehead atoms. The standard InChI is InChI=1S/C14H12ClN3OS/c1-19-12-7-6-11-13(17-12)18(14(20)16-11)8-9-4-2-3-5-10(9)15/h2-7H,8H2,1H3,(H,16,20). The van der Waals surface area contributed by atoms with Gasteiger partial charge in [-0.2, -0.15) is 4.98 Å². The molecule has 6 heteroatoms. The van der Waals surface area contributed by atoms with E-state index in [2.05, 4.69) is 9.97 Å². The molecule has 1 aromatic carbocycles. The predicted octanol–water partition coefficient (Wildman–Crippen LogP) is 3.80. The summed E-state index contributed by atoms with van der Waals surface area (Å²) in [4.78, 5) is 7.57. The largest absolute Gasteiger partial charge is 0.481 e. The Labute approximate surface area is 126 Å². The number of nitrogens with one attached hydrogen (secondary N) is 1. The van der Waals surface area contributed by atoms with Crippen LogP contribution in [0.25, 0.3) is 11.2 Å². The molecule has 2 aromatic heterocycles. The number of aromatic amines is 1. The highest BCUT2D eigenvalue weighted by Crippen LogP contribution is 2.21. The van der Waals surface area contributed by atoms with Crippen LogP contribution in [0.3, 0.4) is 0 Å². The molecule has 0 aliphatic heterocycles. The first kappa shape index (κ1) is 13.1. The van der Waals surface area contributed by atoms with Crippen LogP contribution in [-0.4, -0.2) is 21.6 Å². The summed E-state index contributed by atoms with van der Waals surface area (Å²) < 4.78 is 7.68. The number of hydrogen-bond acceptors (Lipinski definition) is 3. The van der Waals surface area contributed by atoms with Gasteiger partial charge in [0.05, 0.1) is 19.2 Å². The highest BCUT2D eigenvalue weighted by atomic mass is 35.5. The van der Waals surface area contributed by atoms with E-state index in [1.807, 2.05) is 34.9 Å². The molecule has 1 N–H and O–H groups in total. The average Bonchev–Trinajstić information content (AvgIpc) is 2.77. The molecule has 3 aromatic rings. The fraction of sp³-hybridized carbons (Fsp3) is 0.143. The van der Waals surface area contributed by atoms with E-state index in [1.165, 1.54) is 0 Å². The quantitative estimate of drug-likeness (QED) is 0.748. The average molecular weight is 306 g/mol. The molecular formula is C14H12ClN3OS. The van der Waals surface area contributed by atoms with Gasteiger partial charge in [0.1, 0.15) is 0 Å². The van der Waals surface area contributed by atoms with Gasteiger partial charge in [0.25, 0.3) is 0 Å². The smallest absolute Gasteiger partial charge is 0.215 e. The number of benzene rings is 1. The van der Waals surface area contributed by atoms with Crippen LogP contribution >= 0.6 is 23.8 Å². The molecule has 0 amide bonds. The lowest BCUT2D eigenvalue weighted by molar-refractivity contribution is 0.399. The zero-order chi connectivity index (χ0) is 14.1. The molecule has 0 fully saturated rings. The van der Waals surface area contributed by atoms with Crippen LogP contribution in [0.1, 0.15) is 5.56 Å². The molecule has 102 valence electrons. The number of aromatic nitrogens is 3. The van der Waals surface area contributed by atoms with Gasteiger partial charge < -0.3 is 9.72 Å². The number of halogens is 1. The SMILES string of the molecule is COc1ccc2[nH]c(=S)n(Cc3ccccc3Cl)c2n1. The third kappa shape index (κ3) is 2.30. The molecule has 0 atom stereocenters. The number of nitrogens with zero attached hydrogens (tertiary/aromatic N) is 2. The Bertz CT molecular complexity index is 825. The zero-order valence-corrected chi connectivity index (χ0v) is 12.3. The van der Waals surface area contributed by atoms with Crippen molar-refractivity contribution in [3.8, 4) is 5.88 Å². The molecule has 2 heterocycles. The van der Waals surface area contributed by atoms with Crippen LogP contribution in [-0.2, 0) is 6.54 Å². The summed E-state index contributed by atoms with van der Waals surface area (Å²) in [5, 5.41) is 0.714. The predicted molar refractivity (Wildman–Crippen MR) is 82.0 cm³/mol. The fourth-order valence-electron chi connectivity index (χ4n) is 2.07. The number of pyridine rings is 1. The van der Waals surface area contributed by atoms with Gasteiger partial charge in [0, 0.05) is 11.1 Å². The van der Waals surface area contributed by atoms with Gasteiger partial charge in [-0.3, -0.25) is 4.57 Å². The van der Waals surface area contributed by atoms with Gasteiger partial charge >= 0.3 is 0 Å². The van der Waals surface area contributed by atoms with Gasteiger partial charge in [-0.15, -0.1) is 0 Å². The number of fused-ring (bicyclic) bond motifs is 1. The van der Waals surface area contributed by atoms with Crippen LogP contribution in [0.5, 0.6) is 5.88 Å². The zero-order valence-electron chi connectivity index (χ0n) is 10.8. The minimum atomic E-state index is 0.555. The fourth-order valence-corrected chi connectivity index (χ4v) is 2.53. The molecule has 0 radical (unpaired) electrons. The minimum absolute atomic E-state index is 0.555. The van der Waals surface area contributed by atoms with E-state index < -0.39 is 0 Å². The Morgan fingerprint density at radius 3 is 2.85 bits per heavy atom. The topological polar surface area (TPSA) is 42.8 Å². The first-order valence-electron chi connectivity index (χ1n) is 6.06. The summed E-state index contributed by atoms with van der Waals surface area (Å²) >= 11 is 11.6. The maximum absolute atomic E-state index is 6.20. The maximum Gasteiger partial charge on any atom is 0.215 e. The van der Waals surface area contributed by atoms with Gasteiger partial charge in [-0.1, -0.05) is 29.8 Å². The van der Waals surface area contributed by atoms with Crippen molar-refractivity contribution in [1.29, 1.82) is 0 Å². The molecule has 0 aliphatic carbocycles. The summed E-state index contributed by atoms with van der Waals surface area (Å²) in [5.41, 5.74) is 2.63. The van der Waals surface area contributed by atoms with Gasteiger partial charge in [0.15, 0.2) is 10.4 Å². The molecule has 3 rings (SSSR count). The highest BCUT2D eigenvalue weighted by Gasteiger charge is 2.09. The van der Waals surface area contributed by atoms with Crippen molar-refractivity contribution in [1.82, 2.24) is 14.5 Å². The number of rotatable bonds is 3. The number of methoxy groups -OCH3 is 1. The molecule has 0 aliphatic rings. The van der Waals surface area contributed by atoms with Crippen LogP contribution < -0.4 is 4.74 Å². The van der Waals surface area contributed by atoms with E-state index in [9.17, 15) is 0 Å². The normalized spacial score (nSPS) is 10.9. The summed E-state index contributed by atoms with van der Waals surface area (Å²) in [5.74, 6) is 0.555. The Morgan fingerprint density at radius 2 is 2.10 bits per heavy atom. The Kier molecular flexibility index (Phi) is 3.46. The molecule has 0 unspecified atom stereocenters. The van der Waals surface area contributed by atoms with E-state index in [-0.39, 0.29) is 0 Å². The number of hydrogen-bond donors (Lipinski definition) is 1. The van der Waals surface area contributed by atoms with Gasteiger partial charge in [0.2, 0.25) is 5.88 Å². The van der Waals surface area contributed by atoms with E-state index in [1.54, 1.807) is 13.2 Å². The van der Waals surface area contributed by atoms with Crippen molar-refractivity contribution in [3.05, 3.63) is 51.8 Å². The lowest BCUT2D eigenvalue weighted by Crippen LogP contribution is -2.02. The molecular weight excluding hydrogens is 294 g/mol. The first-order chi connectivity index (χ1) is 9.69. The number of ether oxygens (including phenoxy) is 1. The summed E-state index contributed by atoms with van der Waals surface area (Å²) in [6.07, 6.45) is 0. The Morgan fingerprint density at radius 1 is 1.30 bits per heavy atom. The Hall–Kier alpha value is -1.85. The molecule has 0 saturated heterocycles. The van der Waals surface area contributed by atoms with Gasteiger partial charge in [-0.25, -0.2) is 0 Å². The van der Waals surface area contributed by atoms with Crippen molar-refractivity contribution < 1.29 is 4.74 Å². The second-order valence-electron chi connectivity index (χ2n) is 4.33. The first-order valence-corrected chi connectivity index (χ1v) is 6.84. The summed E-state index contributed by atoms with van der Waals surface area (Å²) in [6, 6.07) is 11.4. The van der Waals surface area contributed by atoms with E-state index >= 15 is 0 Å². The second kappa shape index (κ2) is 5.26. The van der Waals surface area contributed by atoms with Crippen molar-refractivity contribution in [2.75, 3.05) is 7.11 Å². The van der Waals surface area contributed by atoms with E-state index in [0.29, 0.717) is 22.2 Å². The Balaban J connectivity index is 2.13. The van der Waals surface area contributed by atoms with Crippen LogP contribution in [0, 0.1) is 4.77 Å². The third-order valence-corrected chi connectivity index (χ3v) is 3.78. The van der Waals surface area contributed by atoms with Crippen LogP contribution in [0.15, 0.2) is 36.4 Å². The summed E-state index contributed by atoms with van der Waals surface area (Å²) in [7, 11) is 1.59. The van der Waals surface area contributed by atoms with E-state index in [0.717, 1.165) is 16.7 Å². The highest BCUT2D eigenvalue weighted by molar-refractivity contribution is 7.71. The maximum atomic E-state index is 6.20. The molecule has 4 nitrogen and oxygen atoms in total. The second-order valence-corrected chi connectivity index (χ2v) is 5.13.